The zero-order valence-electron chi connectivity index (χ0n) is 13.9. The molecule has 3 heterocycles. The molecule has 0 bridgehead atoms. The van der Waals surface area contributed by atoms with Gasteiger partial charge in [0.1, 0.15) is 17.1 Å². The summed E-state index contributed by atoms with van der Waals surface area (Å²) in [5.41, 5.74) is 4.65. The van der Waals surface area contributed by atoms with Gasteiger partial charge in [-0.15, -0.1) is 0 Å². The van der Waals surface area contributed by atoms with E-state index in [-0.39, 0.29) is 0 Å². The fourth-order valence-electron chi connectivity index (χ4n) is 2.74. The maximum atomic E-state index is 8.81. The molecule has 3 aromatic heterocycles. The second-order valence-corrected chi connectivity index (χ2v) is 5.65. The zero-order chi connectivity index (χ0) is 17.3. The lowest BCUT2D eigenvalue weighted by Crippen LogP contribution is -2.20. The second kappa shape index (κ2) is 6.58. The molecule has 0 saturated carbocycles. The first-order valence-corrected chi connectivity index (χ1v) is 7.79. The molecule has 0 aliphatic carbocycles. The number of hydrogen-bond donors (Lipinski definition) is 2. The Kier molecular flexibility index (Phi) is 4.50. The van der Waals surface area contributed by atoms with Crippen LogP contribution in [-0.2, 0) is 13.0 Å². The molecule has 0 aliphatic heterocycles. The van der Waals surface area contributed by atoms with Crippen molar-refractivity contribution in [2.24, 2.45) is 0 Å². The summed E-state index contributed by atoms with van der Waals surface area (Å²) >= 11 is 0. The topological polar surface area (TPSA) is 93.3 Å². The number of fused-ring (bicyclic) bond motifs is 1. The summed E-state index contributed by atoms with van der Waals surface area (Å²) in [6, 6.07) is 5.46. The highest BCUT2D eigenvalue weighted by Crippen LogP contribution is 2.21. The first-order chi connectivity index (χ1) is 11.5. The third kappa shape index (κ3) is 3.24. The second-order valence-electron chi connectivity index (χ2n) is 5.65. The minimum atomic E-state index is -1.85. The smallest absolute Gasteiger partial charge is 0.511 e. The zero-order valence-corrected chi connectivity index (χ0v) is 13.9. The molecule has 0 unspecified atom stereocenters. The molecule has 0 fully saturated rings. The van der Waals surface area contributed by atoms with Crippen LogP contribution in [0.15, 0.2) is 24.4 Å². The van der Waals surface area contributed by atoms with Crippen molar-refractivity contribution in [1.29, 1.82) is 0 Å². The largest absolute Gasteiger partial charge is 0.707 e. The lowest BCUT2D eigenvalue weighted by molar-refractivity contribution is 0.287. The van der Waals surface area contributed by atoms with Crippen LogP contribution < -0.4 is 4.65 Å². The Morgan fingerprint density at radius 2 is 2.00 bits per heavy atom. The Hall–Kier alpha value is -2.45. The van der Waals surface area contributed by atoms with Gasteiger partial charge in [-0.25, -0.2) is 9.97 Å². The molecular formula is C16H19BN4O3. The van der Waals surface area contributed by atoms with Crippen molar-refractivity contribution >= 4 is 18.5 Å². The monoisotopic (exact) mass is 326 g/mol. The van der Waals surface area contributed by atoms with Gasteiger partial charge >= 0.3 is 7.32 Å². The summed E-state index contributed by atoms with van der Waals surface area (Å²) in [6.07, 6.45) is 2.26. The van der Waals surface area contributed by atoms with E-state index in [0.717, 1.165) is 40.4 Å². The summed E-state index contributed by atoms with van der Waals surface area (Å²) in [5.74, 6) is 1.25. The predicted molar refractivity (Wildman–Crippen MR) is 90.5 cm³/mol. The van der Waals surface area contributed by atoms with Gasteiger partial charge in [0.2, 0.25) is 0 Å². The van der Waals surface area contributed by atoms with E-state index in [9.17, 15) is 0 Å². The number of hydrogen-bond acceptors (Lipinski definition) is 6. The third-order valence-electron chi connectivity index (χ3n) is 3.78. The number of nitrogens with zero attached hydrogens (tertiary/aromatic N) is 4. The normalized spacial score (nSPS) is 11.0. The number of rotatable bonds is 5. The highest BCUT2D eigenvalue weighted by atomic mass is 16.6. The molecule has 0 amide bonds. The molecule has 8 heteroatoms. The van der Waals surface area contributed by atoms with Crippen molar-refractivity contribution in [2.75, 3.05) is 0 Å². The molecule has 0 aliphatic rings. The van der Waals surface area contributed by atoms with Crippen LogP contribution in [0.3, 0.4) is 0 Å². The van der Waals surface area contributed by atoms with Crippen LogP contribution in [0.2, 0.25) is 0 Å². The maximum absolute atomic E-state index is 8.81. The first kappa shape index (κ1) is 16.4. The average molecular weight is 326 g/mol. The van der Waals surface area contributed by atoms with Crippen LogP contribution in [0, 0.1) is 13.8 Å². The van der Waals surface area contributed by atoms with E-state index in [2.05, 4.69) is 21.5 Å². The van der Waals surface area contributed by atoms with E-state index in [1.807, 2.05) is 19.9 Å². The fraction of sp³-hybridized carbons (Fsp3) is 0.312. The summed E-state index contributed by atoms with van der Waals surface area (Å²) in [4.78, 5) is 13.7. The molecule has 0 atom stereocenters. The minimum absolute atomic E-state index is 0.296. The predicted octanol–water partition coefficient (Wildman–Crippen LogP) is 1.40. The Labute approximate surface area is 140 Å². The maximum Gasteiger partial charge on any atom is 0.707 e. The molecule has 3 rings (SSSR count). The number of imidazole rings is 1. The number of pyridine rings is 2. The number of aromatic nitrogens is 4. The molecule has 124 valence electrons. The van der Waals surface area contributed by atoms with Gasteiger partial charge in [-0.2, -0.15) is 0 Å². The molecule has 3 aromatic rings. The summed E-state index contributed by atoms with van der Waals surface area (Å²) < 4.78 is 6.84. The van der Waals surface area contributed by atoms with E-state index in [0.29, 0.717) is 12.3 Å². The van der Waals surface area contributed by atoms with Crippen molar-refractivity contribution in [3.05, 3.63) is 47.2 Å². The summed E-state index contributed by atoms with van der Waals surface area (Å²) in [6.45, 7) is 6.61. The molecule has 0 saturated heterocycles. The quantitative estimate of drug-likeness (QED) is 0.689. The van der Waals surface area contributed by atoms with Gasteiger partial charge in [-0.3, -0.25) is 4.98 Å². The highest BCUT2D eigenvalue weighted by Gasteiger charge is 2.15. The fourth-order valence-corrected chi connectivity index (χ4v) is 2.74. The van der Waals surface area contributed by atoms with Crippen LogP contribution >= 0.6 is 0 Å². The minimum Gasteiger partial charge on any atom is -0.511 e. The van der Waals surface area contributed by atoms with Gasteiger partial charge in [0.05, 0.1) is 18.4 Å². The Balaban J connectivity index is 1.97. The molecule has 7 nitrogen and oxygen atoms in total. The van der Waals surface area contributed by atoms with Gasteiger partial charge in [0, 0.05) is 12.1 Å². The molecule has 2 N–H and O–H groups in total. The average Bonchev–Trinajstić information content (AvgIpc) is 2.87. The van der Waals surface area contributed by atoms with Crippen LogP contribution in [0.1, 0.15) is 29.7 Å². The van der Waals surface area contributed by atoms with Crippen molar-refractivity contribution in [2.45, 2.75) is 33.7 Å². The van der Waals surface area contributed by atoms with E-state index in [4.69, 9.17) is 19.7 Å². The van der Waals surface area contributed by atoms with Crippen molar-refractivity contribution in [1.82, 2.24) is 19.5 Å². The van der Waals surface area contributed by atoms with Gasteiger partial charge < -0.3 is 19.3 Å². The van der Waals surface area contributed by atoms with Crippen molar-refractivity contribution in [3.8, 4) is 5.75 Å². The highest BCUT2D eigenvalue weighted by molar-refractivity contribution is 6.33. The van der Waals surface area contributed by atoms with E-state index in [1.54, 1.807) is 12.1 Å². The van der Waals surface area contributed by atoms with Gasteiger partial charge in [-0.1, -0.05) is 6.92 Å². The van der Waals surface area contributed by atoms with Crippen LogP contribution in [-0.4, -0.2) is 36.9 Å². The van der Waals surface area contributed by atoms with E-state index in [1.165, 1.54) is 6.20 Å². The molecular weight excluding hydrogens is 307 g/mol. The molecule has 0 spiro atoms. The van der Waals surface area contributed by atoms with Crippen LogP contribution in [0.5, 0.6) is 5.75 Å². The van der Waals surface area contributed by atoms with Crippen LogP contribution in [0.25, 0.3) is 11.2 Å². The summed E-state index contributed by atoms with van der Waals surface area (Å²) in [5, 5.41) is 17.6. The third-order valence-corrected chi connectivity index (χ3v) is 3.78. The standard InChI is InChI=1S/C16H19BN4O3/c1-4-14-20-15-10(2)7-11(3)19-16(15)21(14)9-12-5-6-13(8-18-12)24-17(22)23/h5-8,22-23H,4,9H2,1-3H3. The van der Waals surface area contributed by atoms with Crippen molar-refractivity contribution in [3.63, 3.8) is 0 Å². The molecule has 24 heavy (non-hydrogen) atoms. The van der Waals surface area contributed by atoms with E-state index >= 15 is 0 Å². The molecule has 0 aromatic carbocycles. The Morgan fingerprint density at radius 3 is 2.62 bits per heavy atom. The van der Waals surface area contributed by atoms with Crippen molar-refractivity contribution < 1.29 is 14.7 Å². The first-order valence-electron chi connectivity index (χ1n) is 7.79. The van der Waals surface area contributed by atoms with Gasteiger partial charge in [0.25, 0.3) is 0 Å². The van der Waals surface area contributed by atoms with Crippen LogP contribution in [0.4, 0.5) is 0 Å². The van der Waals surface area contributed by atoms with Gasteiger partial charge in [0.15, 0.2) is 5.65 Å². The van der Waals surface area contributed by atoms with E-state index < -0.39 is 7.32 Å². The lowest BCUT2D eigenvalue weighted by atomic mass is 10.2. The Bertz CT molecular complexity index is 862. The van der Waals surface area contributed by atoms with Gasteiger partial charge in [-0.05, 0) is 37.6 Å². The SMILES string of the molecule is CCc1nc2c(C)cc(C)nc2n1Cc1ccc(OB(O)O)cn1. The number of aryl methyl sites for hydroxylation is 3. The molecule has 0 radical (unpaired) electrons. The Morgan fingerprint density at radius 1 is 1.21 bits per heavy atom. The lowest BCUT2D eigenvalue weighted by Gasteiger charge is -2.09. The summed E-state index contributed by atoms with van der Waals surface area (Å²) in [7, 11) is -1.85.